The molecule has 0 aliphatic carbocycles. The van der Waals surface area contributed by atoms with Crippen molar-refractivity contribution in [1.82, 2.24) is 0 Å². The average molecular weight is 389 g/mol. The molecule has 0 saturated carbocycles. The van der Waals surface area contributed by atoms with E-state index in [1.165, 1.54) is 0 Å². The molecule has 6 atom stereocenters. The van der Waals surface area contributed by atoms with E-state index in [4.69, 9.17) is 19.3 Å². The molecule has 1 heterocycles. The third-order valence-electron chi connectivity index (χ3n) is 4.57. The Morgan fingerprint density at radius 3 is 2.43 bits per heavy atom. The number of nitriles is 1. The van der Waals surface area contributed by atoms with Crippen LogP contribution < -0.4 is 4.74 Å². The monoisotopic (exact) mass is 389 g/mol. The molecule has 0 spiro atoms. The summed E-state index contributed by atoms with van der Waals surface area (Å²) < 4.78 is 15.7. The predicted molar refractivity (Wildman–Crippen MR) is 94.3 cm³/mol. The molecule has 3 rings (SSSR count). The summed E-state index contributed by atoms with van der Waals surface area (Å²) in [6.07, 6.45) is -9.98. The fraction of sp³-hybridized carbons (Fsp3) is 0.368. The molecule has 1 aliphatic rings. The van der Waals surface area contributed by atoms with Crippen molar-refractivity contribution < 1.29 is 39.4 Å². The molecule has 0 amide bonds. The number of ether oxygens (including phenoxy) is 3. The number of rotatable bonds is 5. The van der Waals surface area contributed by atoms with Crippen molar-refractivity contribution in [2.24, 2.45) is 0 Å². The standard InChI is InChI=1S/C19H19NO8/c1-26-12-5-4-9-6-11(3-2-10(9)7-12)13(8-20)27-19-16(23)14(21)15(22)17(28-19)18(24)25/h2-7,13-17,19,21-23H,1H3,(H,24,25)/t13?,14?,15-,16-,17?,19+/m1/s1. The molecule has 28 heavy (non-hydrogen) atoms. The van der Waals surface area contributed by atoms with Gasteiger partial charge in [-0.2, -0.15) is 5.26 Å². The van der Waals surface area contributed by atoms with Crippen molar-refractivity contribution in [3.05, 3.63) is 42.0 Å². The van der Waals surface area contributed by atoms with E-state index >= 15 is 0 Å². The molecule has 2 aromatic rings. The Labute approximate surface area is 159 Å². The molecular weight excluding hydrogens is 370 g/mol. The van der Waals surface area contributed by atoms with Crippen LogP contribution in [0, 0.1) is 11.3 Å². The highest BCUT2D eigenvalue weighted by atomic mass is 16.7. The van der Waals surface area contributed by atoms with Crippen LogP contribution in [0.2, 0.25) is 0 Å². The second kappa shape index (κ2) is 8.10. The fourth-order valence-electron chi connectivity index (χ4n) is 3.01. The van der Waals surface area contributed by atoms with E-state index in [0.29, 0.717) is 11.3 Å². The van der Waals surface area contributed by atoms with Crippen LogP contribution in [0.4, 0.5) is 0 Å². The SMILES string of the molecule is COc1ccc2cc(C(C#N)O[C@H]3OC(C(=O)O)[C@H](O)C(O)[C@H]3O)ccc2c1. The molecule has 1 aliphatic heterocycles. The third kappa shape index (κ3) is 3.77. The van der Waals surface area contributed by atoms with Crippen LogP contribution in [-0.4, -0.2) is 64.2 Å². The van der Waals surface area contributed by atoms with Gasteiger partial charge in [0.1, 0.15) is 24.1 Å². The van der Waals surface area contributed by atoms with E-state index in [9.17, 15) is 25.4 Å². The Morgan fingerprint density at radius 2 is 1.79 bits per heavy atom. The molecule has 2 aromatic carbocycles. The minimum Gasteiger partial charge on any atom is -0.497 e. The van der Waals surface area contributed by atoms with E-state index in [2.05, 4.69) is 0 Å². The Kier molecular flexibility index (Phi) is 5.79. The third-order valence-corrected chi connectivity index (χ3v) is 4.57. The van der Waals surface area contributed by atoms with Gasteiger partial charge in [-0.25, -0.2) is 4.79 Å². The van der Waals surface area contributed by atoms with Gasteiger partial charge >= 0.3 is 5.97 Å². The molecule has 9 heteroatoms. The van der Waals surface area contributed by atoms with E-state index in [1.54, 1.807) is 37.4 Å². The Bertz CT molecular complexity index is 910. The first kappa shape index (κ1) is 20.0. The Balaban J connectivity index is 1.84. The average Bonchev–Trinajstić information content (AvgIpc) is 2.70. The van der Waals surface area contributed by atoms with Crippen LogP contribution in [0.25, 0.3) is 10.8 Å². The van der Waals surface area contributed by atoms with Crippen molar-refractivity contribution in [2.75, 3.05) is 7.11 Å². The molecule has 1 fully saturated rings. The van der Waals surface area contributed by atoms with Gasteiger partial charge in [0.25, 0.3) is 0 Å². The summed E-state index contributed by atoms with van der Waals surface area (Å²) in [5.41, 5.74) is 0.448. The smallest absolute Gasteiger partial charge is 0.335 e. The van der Waals surface area contributed by atoms with Gasteiger partial charge < -0.3 is 34.6 Å². The summed E-state index contributed by atoms with van der Waals surface area (Å²) in [7, 11) is 1.56. The van der Waals surface area contributed by atoms with Gasteiger partial charge in [-0.15, -0.1) is 0 Å². The number of fused-ring (bicyclic) bond motifs is 1. The zero-order valence-corrected chi connectivity index (χ0v) is 14.8. The number of hydrogen-bond donors (Lipinski definition) is 4. The number of methoxy groups -OCH3 is 1. The van der Waals surface area contributed by atoms with Gasteiger partial charge in [0, 0.05) is 0 Å². The highest BCUT2D eigenvalue weighted by Crippen LogP contribution is 2.30. The van der Waals surface area contributed by atoms with E-state index in [1.807, 2.05) is 12.1 Å². The summed E-state index contributed by atoms with van der Waals surface area (Å²) in [6.45, 7) is 0. The first-order valence-electron chi connectivity index (χ1n) is 8.41. The summed E-state index contributed by atoms with van der Waals surface area (Å²) in [4.78, 5) is 11.2. The lowest BCUT2D eigenvalue weighted by molar-refractivity contribution is -0.300. The number of aliphatic carboxylic acids is 1. The fourth-order valence-corrected chi connectivity index (χ4v) is 3.01. The van der Waals surface area contributed by atoms with Crippen molar-refractivity contribution in [3.8, 4) is 11.8 Å². The van der Waals surface area contributed by atoms with Gasteiger partial charge in [-0.1, -0.05) is 18.2 Å². The Morgan fingerprint density at radius 1 is 1.11 bits per heavy atom. The summed E-state index contributed by atoms with van der Waals surface area (Å²) >= 11 is 0. The van der Waals surface area contributed by atoms with Gasteiger partial charge in [0.15, 0.2) is 18.5 Å². The summed E-state index contributed by atoms with van der Waals surface area (Å²) in [5.74, 6) is -0.848. The van der Waals surface area contributed by atoms with Crippen molar-refractivity contribution in [2.45, 2.75) is 36.8 Å². The van der Waals surface area contributed by atoms with Gasteiger partial charge in [-0.3, -0.25) is 0 Å². The number of hydrogen-bond acceptors (Lipinski definition) is 8. The number of carbonyl (C=O) groups is 1. The lowest BCUT2D eigenvalue weighted by Crippen LogP contribution is -2.60. The molecule has 3 unspecified atom stereocenters. The topological polar surface area (TPSA) is 149 Å². The molecule has 0 aromatic heterocycles. The molecular formula is C19H19NO8. The van der Waals surface area contributed by atoms with Crippen LogP contribution in [-0.2, 0) is 14.3 Å². The Hall–Kier alpha value is -2.74. The first-order valence-corrected chi connectivity index (χ1v) is 8.41. The van der Waals surface area contributed by atoms with Crippen LogP contribution >= 0.6 is 0 Å². The second-order valence-corrected chi connectivity index (χ2v) is 6.35. The molecule has 4 N–H and O–H groups in total. The molecule has 0 bridgehead atoms. The molecule has 0 radical (unpaired) electrons. The maximum Gasteiger partial charge on any atom is 0.335 e. The number of nitrogens with zero attached hydrogens (tertiary/aromatic N) is 1. The molecule has 9 nitrogen and oxygen atoms in total. The van der Waals surface area contributed by atoms with E-state index < -0.39 is 42.8 Å². The van der Waals surface area contributed by atoms with Crippen molar-refractivity contribution in [3.63, 3.8) is 0 Å². The summed E-state index contributed by atoms with van der Waals surface area (Å²) in [5, 5.41) is 49.9. The second-order valence-electron chi connectivity index (χ2n) is 6.35. The van der Waals surface area contributed by atoms with Crippen molar-refractivity contribution >= 4 is 16.7 Å². The number of aliphatic hydroxyl groups is 3. The number of carboxylic acids is 1. The lowest BCUT2D eigenvalue weighted by Gasteiger charge is -2.39. The zero-order valence-electron chi connectivity index (χ0n) is 14.8. The van der Waals surface area contributed by atoms with Gasteiger partial charge in [-0.05, 0) is 34.5 Å². The van der Waals surface area contributed by atoms with E-state index in [0.717, 1.165) is 10.8 Å². The van der Waals surface area contributed by atoms with Crippen molar-refractivity contribution in [1.29, 1.82) is 5.26 Å². The van der Waals surface area contributed by atoms with Crippen LogP contribution in [0.1, 0.15) is 11.7 Å². The first-order chi connectivity index (χ1) is 13.3. The zero-order chi connectivity index (χ0) is 20.4. The number of aliphatic hydroxyl groups excluding tert-OH is 3. The maximum absolute atomic E-state index is 11.2. The minimum absolute atomic E-state index is 0.448. The highest BCUT2D eigenvalue weighted by Gasteiger charge is 2.48. The predicted octanol–water partition coefficient (Wildman–Crippen LogP) is 0.322. The lowest BCUT2D eigenvalue weighted by atomic mass is 9.98. The number of benzene rings is 2. The van der Waals surface area contributed by atoms with Gasteiger partial charge in [0.05, 0.1) is 13.2 Å². The van der Waals surface area contributed by atoms with Crippen LogP contribution in [0.5, 0.6) is 5.75 Å². The quantitative estimate of drug-likeness (QED) is 0.567. The molecule has 1 saturated heterocycles. The van der Waals surface area contributed by atoms with Gasteiger partial charge in [0.2, 0.25) is 0 Å². The maximum atomic E-state index is 11.2. The molecule has 148 valence electrons. The summed E-state index contributed by atoms with van der Waals surface area (Å²) in [6, 6.07) is 12.4. The highest BCUT2D eigenvalue weighted by molar-refractivity contribution is 5.84. The largest absolute Gasteiger partial charge is 0.497 e. The van der Waals surface area contributed by atoms with Crippen LogP contribution in [0.3, 0.4) is 0 Å². The normalized spacial score (nSPS) is 28.5. The van der Waals surface area contributed by atoms with E-state index in [-0.39, 0.29) is 0 Å². The minimum atomic E-state index is -1.83. The number of carboxylic acid groups (broad SMARTS) is 1. The van der Waals surface area contributed by atoms with Crippen LogP contribution in [0.15, 0.2) is 36.4 Å².